The molecule has 1 aliphatic heterocycles. The molecule has 0 aromatic carbocycles. The Morgan fingerprint density at radius 1 is 1.35 bits per heavy atom. The lowest BCUT2D eigenvalue weighted by Gasteiger charge is -2.48. The molecule has 3 heteroatoms. The molecule has 0 aromatic heterocycles. The fourth-order valence-electron chi connectivity index (χ4n) is 2.90. The minimum absolute atomic E-state index is 0.127. The van der Waals surface area contributed by atoms with Gasteiger partial charge in [-0.3, -0.25) is 4.79 Å². The van der Waals surface area contributed by atoms with Gasteiger partial charge in [0.05, 0.1) is 0 Å². The summed E-state index contributed by atoms with van der Waals surface area (Å²) in [4.78, 5) is 12.0. The zero-order chi connectivity index (χ0) is 12.5. The van der Waals surface area contributed by atoms with Crippen LogP contribution in [0.5, 0.6) is 0 Å². The fraction of sp³-hybridized carbons (Fsp3) is 0.929. The Labute approximate surface area is 105 Å². The molecule has 2 rings (SSSR count). The van der Waals surface area contributed by atoms with Crippen LogP contribution in [0.25, 0.3) is 0 Å². The Hall–Kier alpha value is -0.570. The summed E-state index contributed by atoms with van der Waals surface area (Å²) in [5, 5.41) is 6.88. The number of piperidine rings is 1. The number of nitrogens with one attached hydrogen (secondary N) is 2. The van der Waals surface area contributed by atoms with Crippen molar-refractivity contribution in [3.63, 3.8) is 0 Å². The Kier molecular flexibility index (Phi) is 3.76. The monoisotopic (exact) mass is 238 g/mol. The second-order valence-corrected chi connectivity index (χ2v) is 6.29. The minimum Gasteiger partial charge on any atom is -0.353 e. The predicted molar refractivity (Wildman–Crippen MR) is 69.8 cm³/mol. The van der Waals surface area contributed by atoms with Crippen LogP contribution >= 0.6 is 0 Å². The average Bonchev–Trinajstić information content (AvgIpc) is 2.26. The Morgan fingerprint density at radius 3 is 2.59 bits per heavy atom. The summed E-state index contributed by atoms with van der Waals surface area (Å²) < 4.78 is 0. The summed E-state index contributed by atoms with van der Waals surface area (Å²) in [5.74, 6) is 0.790. The topological polar surface area (TPSA) is 41.1 Å². The lowest BCUT2D eigenvalue weighted by Crippen LogP contribution is -2.60. The van der Waals surface area contributed by atoms with E-state index >= 15 is 0 Å². The van der Waals surface area contributed by atoms with Crippen molar-refractivity contribution in [1.82, 2.24) is 10.6 Å². The van der Waals surface area contributed by atoms with Crippen molar-refractivity contribution in [2.45, 2.75) is 64.5 Å². The first-order chi connectivity index (χ1) is 8.02. The van der Waals surface area contributed by atoms with Crippen LogP contribution in [0.1, 0.15) is 52.9 Å². The highest BCUT2D eigenvalue weighted by molar-refractivity contribution is 5.78. The van der Waals surface area contributed by atoms with Crippen LogP contribution in [0.2, 0.25) is 0 Å². The molecule has 17 heavy (non-hydrogen) atoms. The van der Waals surface area contributed by atoms with Crippen molar-refractivity contribution >= 4 is 5.91 Å². The largest absolute Gasteiger partial charge is 0.353 e. The van der Waals surface area contributed by atoms with Gasteiger partial charge in [0.2, 0.25) is 5.91 Å². The van der Waals surface area contributed by atoms with Crippen LogP contribution in [0.15, 0.2) is 0 Å². The first-order valence-electron chi connectivity index (χ1n) is 7.08. The average molecular weight is 238 g/mol. The van der Waals surface area contributed by atoms with Crippen LogP contribution in [-0.2, 0) is 4.79 Å². The number of amides is 1. The number of carbonyl (C=O) groups is 1. The molecular formula is C14H26N2O. The number of hydrogen-bond acceptors (Lipinski definition) is 2. The van der Waals surface area contributed by atoms with Crippen molar-refractivity contribution in [2.24, 2.45) is 11.8 Å². The van der Waals surface area contributed by atoms with E-state index < -0.39 is 0 Å². The zero-order valence-corrected chi connectivity index (χ0v) is 11.4. The molecule has 2 unspecified atom stereocenters. The summed E-state index contributed by atoms with van der Waals surface area (Å²) in [5.41, 5.74) is 0.372. The number of carbonyl (C=O) groups excluding carboxylic acids is 1. The van der Waals surface area contributed by atoms with E-state index in [-0.39, 0.29) is 11.8 Å². The van der Waals surface area contributed by atoms with Gasteiger partial charge in [-0.2, -0.15) is 0 Å². The highest BCUT2D eigenvalue weighted by atomic mass is 16.1. The Morgan fingerprint density at radius 2 is 2.06 bits per heavy atom. The molecule has 1 saturated heterocycles. The SMILES string of the molecule is CC(C)C(C)C(=O)NC1CCNC2(CCC2)C1. The van der Waals surface area contributed by atoms with Gasteiger partial charge in [-0.05, 0) is 44.6 Å². The second kappa shape index (κ2) is 4.97. The van der Waals surface area contributed by atoms with E-state index in [1.54, 1.807) is 0 Å². The van der Waals surface area contributed by atoms with Gasteiger partial charge < -0.3 is 10.6 Å². The van der Waals surface area contributed by atoms with Gasteiger partial charge in [0.15, 0.2) is 0 Å². The fourth-order valence-corrected chi connectivity index (χ4v) is 2.90. The van der Waals surface area contributed by atoms with Gasteiger partial charge in [-0.25, -0.2) is 0 Å². The third-order valence-electron chi connectivity index (χ3n) is 4.70. The van der Waals surface area contributed by atoms with Gasteiger partial charge in [-0.15, -0.1) is 0 Å². The predicted octanol–water partition coefficient (Wildman–Crippen LogP) is 2.07. The van der Waals surface area contributed by atoms with Crippen LogP contribution < -0.4 is 10.6 Å². The van der Waals surface area contributed by atoms with E-state index in [9.17, 15) is 4.79 Å². The highest BCUT2D eigenvalue weighted by Crippen LogP contribution is 2.38. The Balaban J connectivity index is 1.84. The zero-order valence-electron chi connectivity index (χ0n) is 11.4. The summed E-state index contributed by atoms with van der Waals surface area (Å²) in [6.07, 6.45) is 6.14. The third kappa shape index (κ3) is 2.82. The lowest BCUT2D eigenvalue weighted by atomic mass is 9.70. The molecule has 98 valence electrons. The smallest absolute Gasteiger partial charge is 0.223 e. The van der Waals surface area contributed by atoms with E-state index in [0.717, 1.165) is 19.4 Å². The van der Waals surface area contributed by atoms with Crippen molar-refractivity contribution in [3.8, 4) is 0 Å². The molecule has 1 saturated carbocycles. The van der Waals surface area contributed by atoms with Crippen molar-refractivity contribution in [3.05, 3.63) is 0 Å². The lowest BCUT2D eigenvalue weighted by molar-refractivity contribution is -0.126. The molecule has 0 aromatic rings. The van der Waals surface area contributed by atoms with Crippen molar-refractivity contribution in [2.75, 3.05) is 6.54 Å². The molecule has 2 N–H and O–H groups in total. The standard InChI is InChI=1S/C14H26N2O/c1-10(2)11(3)13(17)16-12-5-8-15-14(9-12)6-4-7-14/h10-12,15H,4-9H2,1-3H3,(H,16,17). The Bertz CT molecular complexity index is 284. The number of rotatable bonds is 3. The molecule has 0 radical (unpaired) electrons. The third-order valence-corrected chi connectivity index (χ3v) is 4.70. The summed E-state index contributed by atoms with van der Waals surface area (Å²) in [6, 6.07) is 0.394. The van der Waals surface area contributed by atoms with E-state index in [1.807, 2.05) is 6.92 Å². The molecule has 0 bridgehead atoms. The molecular weight excluding hydrogens is 212 g/mol. The molecule has 2 atom stereocenters. The molecule has 1 heterocycles. The summed E-state index contributed by atoms with van der Waals surface area (Å²) >= 11 is 0. The van der Waals surface area contributed by atoms with E-state index in [2.05, 4.69) is 24.5 Å². The normalized spacial score (nSPS) is 28.8. The summed E-state index contributed by atoms with van der Waals surface area (Å²) in [6.45, 7) is 7.31. The first kappa shape index (κ1) is 12.9. The maximum atomic E-state index is 12.0. The molecule has 1 spiro atoms. The molecule has 1 aliphatic carbocycles. The van der Waals surface area contributed by atoms with Gasteiger partial charge in [0.25, 0.3) is 0 Å². The van der Waals surface area contributed by atoms with Gasteiger partial charge in [0, 0.05) is 17.5 Å². The van der Waals surface area contributed by atoms with E-state index in [0.29, 0.717) is 17.5 Å². The highest BCUT2D eigenvalue weighted by Gasteiger charge is 2.41. The number of hydrogen-bond donors (Lipinski definition) is 2. The van der Waals surface area contributed by atoms with E-state index in [4.69, 9.17) is 0 Å². The first-order valence-corrected chi connectivity index (χ1v) is 7.08. The molecule has 3 nitrogen and oxygen atoms in total. The van der Waals surface area contributed by atoms with Crippen LogP contribution in [0.4, 0.5) is 0 Å². The maximum absolute atomic E-state index is 12.0. The minimum atomic E-state index is 0.127. The quantitative estimate of drug-likeness (QED) is 0.790. The molecule has 2 fully saturated rings. The van der Waals surface area contributed by atoms with Gasteiger partial charge in [0.1, 0.15) is 0 Å². The van der Waals surface area contributed by atoms with Crippen molar-refractivity contribution in [1.29, 1.82) is 0 Å². The van der Waals surface area contributed by atoms with Gasteiger partial charge in [-0.1, -0.05) is 20.8 Å². The van der Waals surface area contributed by atoms with E-state index in [1.165, 1.54) is 19.3 Å². The molecule has 1 amide bonds. The molecule has 2 aliphatic rings. The van der Waals surface area contributed by atoms with Crippen LogP contribution in [-0.4, -0.2) is 24.0 Å². The summed E-state index contributed by atoms with van der Waals surface area (Å²) in [7, 11) is 0. The second-order valence-electron chi connectivity index (χ2n) is 6.29. The van der Waals surface area contributed by atoms with Gasteiger partial charge >= 0.3 is 0 Å². The van der Waals surface area contributed by atoms with Crippen LogP contribution in [0, 0.1) is 11.8 Å². The van der Waals surface area contributed by atoms with Crippen molar-refractivity contribution < 1.29 is 4.79 Å². The van der Waals surface area contributed by atoms with Crippen LogP contribution in [0.3, 0.4) is 0 Å². The maximum Gasteiger partial charge on any atom is 0.223 e.